The van der Waals surface area contributed by atoms with E-state index in [0.717, 1.165) is 19.0 Å². The number of nitrogens with one attached hydrogen (secondary N) is 1. The van der Waals surface area contributed by atoms with Crippen molar-refractivity contribution >= 4 is 0 Å². The summed E-state index contributed by atoms with van der Waals surface area (Å²) in [6.07, 6.45) is 8.98. The fourth-order valence-corrected chi connectivity index (χ4v) is 2.66. The van der Waals surface area contributed by atoms with E-state index in [2.05, 4.69) is 12.2 Å². The molecule has 0 aromatic heterocycles. The topological polar surface area (TPSA) is 21.3 Å². The van der Waals surface area contributed by atoms with E-state index in [1.54, 1.807) is 0 Å². The molecule has 2 rings (SSSR count). The second kappa shape index (κ2) is 5.13. The van der Waals surface area contributed by atoms with Gasteiger partial charge < -0.3 is 10.1 Å². The van der Waals surface area contributed by atoms with Crippen LogP contribution < -0.4 is 5.32 Å². The van der Waals surface area contributed by atoms with Crippen LogP contribution in [0, 0.1) is 5.92 Å². The van der Waals surface area contributed by atoms with Crippen LogP contribution in [0.2, 0.25) is 0 Å². The summed E-state index contributed by atoms with van der Waals surface area (Å²) in [6.45, 7) is 4.64. The minimum atomic E-state index is 0.543. The molecular formula is C12H23NO. The van der Waals surface area contributed by atoms with Gasteiger partial charge in [0.15, 0.2) is 0 Å². The first kappa shape index (κ1) is 10.4. The molecule has 2 fully saturated rings. The third kappa shape index (κ3) is 2.71. The molecule has 1 N–H and O–H groups in total. The van der Waals surface area contributed by atoms with Crippen molar-refractivity contribution in [2.75, 3.05) is 13.1 Å². The molecule has 0 bridgehead atoms. The maximum absolute atomic E-state index is 6.20. The van der Waals surface area contributed by atoms with Gasteiger partial charge in [-0.05, 0) is 44.7 Å². The lowest BCUT2D eigenvalue weighted by Gasteiger charge is -2.34. The van der Waals surface area contributed by atoms with E-state index in [-0.39, 0.29) is 0 Å². The first-order chi connectivity index (χ1) is 6.86. The van der Waals surface area contributed by atoms with Crippen LogP contribution in [-0.2, 0) is 4.74 Å². The Morgan fingerprint density at radius 2 is 1.71 bits per heavy atom. The molecule has 1 heterocycles. The first-order valence-corrected chi connectivity index (χ1v) is 6.22. The molecule has 0 aromatic carbocycles. The summed E-state index contributed by atoms with van der Waals surface area (Å²) in [5, 5.41) is 3.38. The Bertz CT molecular complexity index is 166. The molecular weight excluding hydrogens is 174 g/mol. The van der Waals surface area contributed by atoms with Crippen molar-refractivity contribution in [3.63, 3.8) is 0 Å². The van der Waals surface area contributed by atoms with Crippen LogP contribution in [0.3, 0.4) is 0 Å². The van der Waals surface area contributed by atoms with Crippen LogP contribution in [0.1, 0.15) is 45.4 Å². The Morgan fingerprint density at radius 3 is 2.43 bits per heavy atom. The van der Waals surface area contributed by atoms with Gasteiger partial charge in [0.25, 0.3) is 0 Å². The van der Waals surface area contributed by atoms with Crippen molar-refractivity contribution in [1.29, 1.82) is 0 Å². The van der Waals surface area contributed by atoms with Gasteiger partial charge in [-0.3, -0.25) is 0 Å². The smallest absolute Gasteiger partial charge is 0.0604 e. The highest BCUT2D eigenvalue weighted by molar-refractivity contribution is 4.76. The third-order valence-electron chi connectivity index (χ3n) is 3.69. The van der Waals surface area contributed by atoms with E-state index in [0.29, 0.717) is 12.2 Å². The maximum Gasteiger partial charge on any atom is 0.0604 e. The number of piperidine rings is 1. The Balaban J connectivity index is 1.76. The van der Waals surface area contributed by atoms with Crippen molar-refractivity contribution in [1.82, 2.24) is 5.32 Å². The second-order valence-corrected chi connectivity index (χ2v) is 4.89. The predicted molar refractivity (Wildman–Crippen MR) is 58.4 cm³/mol. The Kier molecular flexibility index (Phi) is 3.82. The average molecular weight is 197 g/mol. The van der Waals surface area contributed by atoms with E-state index in [1.165, 1.54) is 38.5 Å². The van der Waals surface area contributed by atoms with Gasteiger partial charge >= 0.3 is 0 Å². The van der Waals surface area contributed by atoms with E-state index >= 15 is 0 Å². The molecule has 82 valence electrons. The molecule has 1 saturated heterocycles. The zero-order chi connectivity index (χ0) is 9.80. The third-order valence-corrected chi connectivity index (χ3v) is 3.69. The molecule has 0 aromatic rings. The molecule has 0 radical (unpaired) electrons. The van der Waals surface area contributed by atoms with Crippen LogP contribution >= 0.6 is 0 Å². The SMILES string of the molecule is C[C@H]1CCCC[C@@H]1OC1CCNCC1. The number of ether oxygens (including phenoxy) is 1. The number of hydrogen-bond donors (Lipinski definition) is 1. The predicted octanol–water partition coefficient (Wildman–Crippen LogP) is 2.33. The molecule has 1 aliphatic heterocycles. The molecule has 2 atom stereocenters. The van der Waals surface area contributed by atoms with Crippen molar-refractivity contribution < 1.29 is 4.74 Å². The summed E-state index contributed by atoms with van der Waals surface area (Å²) in [6, 6.07) is 0. The Morgan fingerprint density at radius 1 is 1.00 bits per heavy atom. The number of rotatable bonds is 2. The summed E-state index contributed by atoms with van der Waals surface area (Å²) in [5.74, 6) is 0.790. The van der Waals surface area contributed by atoms with Gasteiger partial charge in [-0.2, -0.15) is 0 Å². The van der Waals surface area contributed by atoms with Crippen LogP contribution in [0.5, 0.6) is 0 Å². The zero-order valence-electron chi connectivity index (χ0n) is 9.30. The largest absolute Gasteiger partial charge is 0.375 e. The van der Waals surface area contributed by atoms with Gasteiger partial charge in [-0.1, -0.05) is 19.8 Å². The van der Waals surface area contributed by atoms with Crippen molar-refractivity contribution in [3.8, 4) is 0 Å². The lowest BCUT2D eigenvalue weighted by atomic mass is 9.87. The van der Waals surface area contributed by atoms with Crippen molar-refractivity contribution in [2.45, 2.75) is 57.7 Å². The zero-order valence-corrected chi connectivity index (χ0v) is 9.30. The highest BCUT2D eigenvalue weighted by Gasteiger charge is 2.25. The van der Waals surface area contributed by atoms with Crippen LogP contribution in [0.15, 0.2) is 0 Å². The molecule has 2 nitrogen and oxygen atoms in total. The van der Waals surface area contributed by atoms with Crippen molar-refractivity contribution in [3.05, 3.63) is 0 Å². The van der Waals surface area contributed by atoms with Gasteiger partial charge in [0, 0.05) is 0 Å². The van der Waals surface area contributed by atoms with E-state index < -0.39 is 0 Å². The highest BCUT2D eigenvalue weighted by Crippen LogP contribution is 2.28. The molecule has 1 aliphatic carbocycles. The molecule has 1 saturated carbocycles. The molecule has 2 heteroatoms. The van der Waals surface area contributed by atoms with E-state index in [1.807, 2.05) is 0 Å². The van der Waals surface area contributed by atoms with Gasteiger partial charge in [0.2, 0.25) is 0 Å². The number of hydrogen-bond acceptors (Lipinski definition) is 2. The summed E-state index contributed by atoms with van der Waals surface area (Å²) < 4.78 is 6.20. The van der Waals surface area contributed by atoms with Gasteiger partial charge in [0.05, 0.1) is 12.2 Å². The highest BCUT2D eigenvalue weighted by atomic mass is 16.5. The van der Waals surface area contributed by atoms with Gasteiger partial charge in [-0.15, -0.1) is 0 Å². The van der Waals surface area contributed by atoms with Gasteiger partial charge in [-0.25, -0.2) is 0 Å². The van der Waals surface area contributed by atoms with Crippen LogP contribution in [0.4, 0.5) is 0 Å². The standard InChI is InChI=1S/C12H23NO/c1-10-4-2-3-5-12(10)14-11-6-8-13-9-7-11/h10-13H,2-9H2,1H3/t10-,12-/m0/s1. The second-order valence-electron chi connectivity index (χ2n) is 4.89. The normalized spacial score (nSPS) is 35.8. The lowest BCUT2D eigenvalue weighted by molar-refractivity contribution is -0.0656. The summed E-state index contributed by atoms with van der Waals surface area (Å²) in [7, 11) is 0. The minimum absolute atomic E-state index is 0.543. The first-order valence-electron chi connectivity index (χ1n) is 6.22. The Hall–Kier alpha value is -0.0800. The van der Waals surface area contributed by atoms with E-state index in [9.17, 15) is 0 Å². The molecule has 2 aliphatic rings. The lowest BCUT2D eigenvalue weighted by Crippen LogP contribution is -2.37. The molecule has 14 heavy (non-hydrogen) atoms. The summed E-state index contributed by atoms with van der Waals surface area (Å²) >= 11 is 0. The van der Waals surface area contributed by atoms with Crippen molar-refractivity contribution in [2.24, 2.45) is 5.92 Å². The molecule has 0 amide bonds. The Labute approximate surface area is 87.4 Å². The fourth-order valence-electron chi connectivity index (χ4n) is 2.66. The monoisotopic (exact) mass is 197 g/mol. The summed E-state index contributed by atoms with van der Waals surface area (Å²) in [5.41, 5.74) is 0. The van der Waals surface area contributed by atoms with Crippen LogP contribution in [0.25, 0.3) is 0 Å². The van der Waals surface area contributed by atoms with Crippen LogP contribution in [-0.4, -0.2) is 25.3 Å². The molecule has 0 spiro atoms. The minimum Gasteiger partial charge on any atom is -0.375 e. The molecule has 0 unspecified atom stereocenters. The van der Waals surface area contributed by atoms with Gasteiger partial charge in [0.1, 0.15) is 0 Å². The maximum atomic E-state index is 6.20. The fraction of sp³-hybridized carbons (Fsp3) is 1.00. The summed E-state index contributed by atoms with van der Waals surface area (Å²) in [4.78, 5) is 0. The quantitative estimate of drug-likeness (QED) is 0.733. The van der Waals surface area contributed by atoms with E-state index in [4.69, 9.17) is 4.74 Å². The average Bonchev–Trinajstić information content (AvgIpc) is 2.23.